The van der Waals surface area contributed by atoms with Crippen LogP contribution in [-0.4, -0.2) is 6.72 Å². The first kappa shape index (κ1) is 11.2. The first-order valence-corrected chi connectivity index (χ1v) is 4.44. The van der Waals surface area contributed by atoms with E-state index in [-0.39, 0.29) is 0 Å². The molecule has 0 aromatic carbocycles. The van der Waals surface area contributed by atoms with Crippen LogP contribution in [0.1, 0.15) is 34.1 Å². The molecule has 0 aliphatic heterocycles. The van der Waals surface area contributed by atoms with Gasteiger partial charge in [-0.15, -0.1) is 0 Å². The van der Waals surface area contributed by atoms with Gasteiger partial charge in [0.25, 0.3) is 0 Å². The van der Waals surface area contributed by atoms with Crippen molar-refractivity contribution in [3.05, 3.63) is 23.4 Å². The summed E-state index contributed by atoms with van der Waals surface area (Å²) in [6, 6.07) is 0. The number of nitrogens with zero attached hydrogens (tertiary/aromatic N) is 1. The van der Waals surface area contributed by atoms with Gasteiger partial charge in [0.1, 0.15) is 0 Å². The van der Waals surface area contributed by atoms with Gasteiger partial charge >= 0.3 is 0 Å². The Kier molecular flexibility index (Phi) is 5.35. The summed E-state index contributed by atoms with van der Waals surface area (Å²) >= 11 is 0. The minimum absolute atomic E-state index is 0.525. The van der Waals surface area contributed by atoms with E-state index in [4.69, 9.17) is 0 Å². The van der Waals surface area contributed by atoms with E-state index in [1.807, 2.05) is 6.20 Å². The Hall–Kier alpha value is -0.850. The molecule has 12 heavy (non-hydrogen) atoms. The standard InChI is InChI=1S/C11H19N/c1-6-10(4)7-11(8-12-5)9(2)3/h7-9H,5-6H2,1-4H3/b10-7+,11-8+. The highest BCUT2D eigenvalue weighted by Gasteiger charge is 1.98. The molecular formula is C11H19N. The molecule has 0 atom stereocenters. The summed E-state index contributed by atoms with van der Waals surface area (Å²) in [4.78, 5) is 3.79. The molecule has 0 N–H and O–H groups in total. The molecule has 1 nitrogen and oxygen atoms in total. The van der Waals surface area contributed by atoms with Crippen molar-refractivity contribution in [1.82, 2.24) is 0 Å². The van der Waals surface area contributed by atoms with Gasteiger partial charge in [0.15, 0.2) is 0 Å². The van der Waals surface area contributed by atoms with Crippen LogP contribution < -0.4 is 0 Å². The number of hydrogen-bond acceptors (Lipinski definition) is 1. The van der Waals surface area contributed by atoms with Crippen molar-refractivity contribution in [2.45, 2.75) is 34.1 Å². The molecule has 0 aromatic rings. The quantitative estimate of drug-likeness (QED) is 0.446. The maximum Gasteiger partial charge on any atom is 0.0295 e. The zero-order chi connectivity index (χ0) is 9.56. The lowest BCUT2D eigenvalue weighted by Gasteiger charge is -2.06. The third-order valence-electron chi connectivity index (χ3n) is 1.88. The van der Waals surface area contributed by atoms with E-state index in [0.717, 1.165) is 6.42 Å². The van der Waals surface area contributed by atoms with Crippen LogP contribution in [0.2, 0.25) is 0 Å². The van der Waals surface area contributed by atoms with Gasteiger partial charge in [0.05, 0.1) is 0 Å². The third-order valence-corrected chi connectivity index (χ3v) is 1.88. The number of hydrogen-bond donors (Lipinski definition) is 0. The van der Waals surface area contributed by atoms with Gasteiger partial charge in [0, 0.05) is 6.20 Å². The first-order chi connectivity index (χ1) is 5.61. The predicted octanol–water partition coefficient (Wildman–Crippen LogP) is 3.58. The van der Waals surface area contributed by atoms with Crippen molar-refractivity contribution in [1.29, 1.82) is 0 Å². The number of aliphatic imine (C=N–C) groups is 1. The first-order valence-electron chi connectivity index (χ1n) is 4.44. The van der Waals surface area contributed by atoms with Crippen LogP contribution in [0.5, 0.6) is 0 Å². The zero-order valence-corrected chi connectivity index (χ0v) is 8.59. The zero-order valence-electron chi connectivity index (χ0n) is 8.59. The average molecular weight is 165 g/mol. The van der Waals surface area contributed by atoms with Crippen LogP contribution in [0.25, 0.3) is 0 Å². The minimum Gasteiger partial charge on any atom is -0.272 e. The van der Waals surface area contributed by atoms with Gasteiger partial charge in [-0.3, -0.25) is 4.99 Å². The Morgan fingerprint density at radius 1 is 1.50 bits per heavy atom. The Morgan fingerprint density at radius 2 is 2.08 bits per heavy atom. The monoisotopic (exact) mass is 165 g/mol. The van der Waals surface area contributed by atoms with Gasteiger partial charge in [-0.1, -0.05) is 32.4 Å². The van der Waals surface area contributed by atoms with E-state index in [2.05, 4.69) is 45.5 Å². The molecule has 0 aliphatic rings. The van der Waals surface area contributed by atoms with Crippen molar-refractivity contribution < 1.29 is 0 Å². The molecule has 0 amide bonds. The predicted molar refractivity (Wildman–Crippen MR) is 56.5 cm³/mol. The molecule has 68 valence electrons. The summed E-state index contributed by atoms with van der Waals surface area (Å²) in [5, 5.41) is 0. The van der Waals surface area contributed by atoms with Gasteiger partial charge in [0.2, 0.25) is 0 Å². The van der Waals surface area contributed by atoms with E-state index in [0.29, 0.717) is 5.92 Å². The molecule has 0 aliphatic carbocycles. The Morgan fingerprint density at radius 3 is 2.42 bits per heavy atom. The van der Waals surface area contributed by atoms with Crippen LogP contribution in [0.15, 0.2) is 28.4 Å². The summed E-state index contributed by atoms with van der Waals surface area (Å²) in [5.74, 6) is 0.525. The maximum absolute atomic E-state index is 3.79. The van der Waals surface area contributed by atoms with Gasteiger partial charge in [-0.05, 0) is 31.6 Å². The molecule has 0 unspecified atom stereocenters. The van der Waals surface area contributed by atoms with Crippen LogP contribution in [0.4, 0.5) is 0 Å². The van der Waals surface area contributed by atoms with E-state index in [9.17, 15) is 0 Å². The lowest BCUT2D eigenvalue weighted by molar-refractivity contribution is 0.785. The van der Waals surface area contributed by atoms with E-state index < -0.39 is 0 Å². The molecular weight excluding hydrogens is 146 g/mol. The van der Waals surface area contributed by atoms with Crippen molar-refractivity contribution in [2.24, 2.45) is 10.9 Å². The summed E-state index contributed by atoms with van der Waals surface area (Å²) in [7, 11) is 0. The van der Waals surface area contributed by atoms with Crippen LogP contribution >= 0.6 is 0 Å². The fourth-order valence-electron chi connectivity index (χ4n) is 0.845. The molecule has 0 heterocycles. The third kappa shape index (κ3) is 4.12. The highest BCUT2D eigenvalue weighted by Crippen LogP contribution is 2.14. The molecule has 0 fully saturated rings. The number of rotatable bonds is 4. The summed E-state index contributed by atoms with van der Waals surface area (Å²) in [6.07, 6.45) is 5.13. The summed E-state index contributed by atoms with van der Waals surface area (Å²) in [6.45, 7) is 12.1. The lowest BCUT2D eigenvalue weighted by atomic mass is 10.0. The molecule has 0 bridgehead atoms. The largest absolute Gasteiger partial charge is 0.272 e. The van der Waals surface area contributed by atoms with Crippen LogP contribution in [0.3, 0.4) is 0 Å². The van der Waals surface area contributed by atoms with Crippen molar-refractivity contribution in [2.75, 3.05) is 0 Å². The second-order valence-electron chi connectivity index (χ2n) is 3.31. The molecule has 1 heteroatoms. The summed E-state index contributed by atoms with van der Waals surface area (Å²) in [5.41, 5.74) is 2.64. The van der Waals surface area contributed by atoms with Crippen molar-refractivity contribution in [3.8, 4) is 0 Å². The highest BCUT2D eigenvalue weighted by molar-refractivity contribution is 5.30. The molecule has 0 spiro atoms. The molecule has 0 aromatic heterocycles. The topological polar surface area (TPSA) is 12.4 Å². The van der Waals surface area contributed by atoms with E-state index >= 15 is 0 Å². The van der Waals surface area contributed by atoms with Crippen LogP contribution in [0, 0.1) is 5.92 Å². The van der Waals surface area contributed by atoms with Gasteiger partial charge in [-0.25, -0.2) is 0 Å². The van der Waals surface area contributed by atoms with Crippen molar-refractivity contribution >= 4 is 6.72 Å². The normalized spacial score (nSPS) is 13.8. The Balaban J connectivity index is 4.54. The fraction of sp³-hybridized carbons (Fsp3) is 0.545. The SMILES string of the molecule is C=N/C=C(\C=C(/C)CC)C(C)C. The van der Waals surface area contributed by atoms with E-state index in [1.165, 1.54) is 11.1 Å². The highest BCUT2D eigenvalue weighted by atomic mass is 14.6. The lowest BCUT2D eigenvalue weighted by Crippen LogP contribution is -1.91. The second-order valence-corrected chi connectivity index (χ2v) is 3.31. The molecule has 0 rings (SSSR count). The van der Waals surface area contributed by atoms with Crippen molar-refractivity contribution in [3.63, 3.8) is 0 Å². The van der Waals surface area contributed by atoms with Gasteiger partial charge < -0.3 is 0 Å². The second kappa shape index (κ2) is 5.76. The molecule has 0 saturated heterocycles. The fourth-order valence-corrected chi connectivity index (χ4v) is 0.845. The van der Waals surface area contributed by atoms with Crippen LogP contribution in [-0.2, 0) is 0 Å². The maximum atomic E-state index is 3.79. The summed E-state index contributed by atoms with van der Waals surface area (Å²) < 4.78 is 0. The molecule has 0 saturated carbocycles. The minimum atomic E-state index is 0.525. The smallest absolute Gasteiger partial charge is 0.0295 e. The van der Waals surface area contributed by atoms with E-state index in [1.54, 1.807) is 0 Å². The van der Waals surface area contributed by atoms with Gasteiger partial charge in [-0.2, -0.15) is 0 Å². The molecule has 0 radical (unpaired) electrons. The average Bonchev–Trinajstić information content (AvgIpc) is 2.03. The number of allylic oxidation sites excluding steroid dienone is 3. The Bertz CT molecular complexity index is 197. The Labute approximate surface area is 75.9 Å².